The molecule has 1 unspecified atom stereocenters. The summed E-state index contributed by atoms with van der Waals surface area (Å²) >= 11 is 0. The first-order chi connectivity index (χ1) is 14.8. The number of hydrogen-bond donors (Lipinski definition) is 5. The molecule has 3 fully saturated rings. The monoisotopic (exact) mass is 433 g/mol. The van der Waals surface area contributed by atoms with Gasteiger partial charge in [0.25, 0.3) is 5.96 Å². The maximum absolute atomic E-state index is 12.1. The molecule has 1 saturated heterocycles. The minimum Gasteiger partial charge on any atom is -0.545 e. The SMILES string of the molecule is CNCCN=C(N)[NH+]1CC[C@H](CNC)[C@@]2(C1)[C@@H]1CC[C@@H](C)[C@]23C[C@H](O)C(C(=O)[O-])=C3C1. The first-order valence-corrected chi connectivity index (χ1v) is 11.9. The van der Waals surface area contributed by atoms with Crippen molar-refractivity contribution >= 4 is 11.9 Å². The number of aliphatic imine (C=N–C) groups is 1. The molecule has 0 aromatic carbocycles. The number of likely N-dealkylation sites (N-methyl/N-ethyl adjacent to an activating group) is 1. The highest BCUT2D eigenvalue weighted by Crippen LogP contribution is 2.75. The van der Waals surface area contributed by atoms with Gasteiger partial charge in [0.05, 0.1) is 31.7 Å². The van der Waals surface area contributed by atoms with Gasteiger partial charge >= 0.3 is 0 Å². The molecule has 7 atom stereocenters. The summed E-state index contributed by atoms with van der Waals surface area (Å²) in [6, 6.07) is 0. The molecule has 174 valence electrons. The fourth-order valence-electron chi connectivity index (χ4n) is 8.14. The molecule has 2 bridgehead atoms. The average Bonchev–Trinajstić information content (AvgIpc) is 3.10. The van der Waals surface area contributed by atoms with Crippen molar-refractivity contribution in [2.75, 3.05) is 46.8 Å². The Bertz CT molecular complexity index is 783. The molecule has 4 aliphatic rings. The van der Waals surface area contributed by atoms with Gasteiger partial charge in [-0.3, -0.25) is 4.90 Å². The fraction of sp³-hybridized carbons (Fsp3) is 0.826. The molecule has 0 aromatic rings. The van der Waals surface area contributed by atoms with Crippen LogP contribution in [0.15, 0.2) is 16.1 Å². The number of nitrogens with two attached hydrogens (primary N) is 1. The van der Waals surface area contributed by atoms with Crippen LogP contribution in [0.4, 0.5) is 0 Å². The van der Waals surface area contributed by atoms with E-state index in [1.807, 2.05) is 14.1 Å². The van der Waals surface area contributed by atoms with Gasteiger partial charge in [0, 0.05) is 29.4 Å². The van der Waals surface area contributed by atoms with Crippen molar-refractivity contribution in [3.8, 4) is 0 Å². The van der Waals surface area contributed by atoms with Crippen LogP contribution in [0.2, 0.25) is 0 Å². The molecular formula is C23H39N5O3. The van der Waals surface area contributed by atoms with Gasteiger partial charge in [-0.1, -0.05) is 12.5 Å². The van der Waals surface area contributed by atoms with E-state index in [9.17, 15) is 15.0 Å². The molecule has 6 N–H and O–H groups in total. The molecule has 2 spiro atoms. The van der Waals surface area contributed by atoms with Crippen molar-refractivity contribution in [1.29, 1.82) is 0 Å². The number of likely N-dealkylation sites (tertiary alicyclic amines) is 1. The number of piperidine rings is 1. The molecule has 0 amide bonds. The van der Waals surface area contributed by atoms with Crippen LogP contribution in [0.5, 0.6) is 0 Å². The van der Waals surface area contributed by atoms with Gasteiger partial charge in [0.2, 0.25) is 0 Å². The molecule has 1 heterocycles. The van der Waals surface area contributed by atoms with Crippen LogP contribution < -0.4 is 26.4 Å². The molecular weight excluding hydrogens is 394 g/mol. The van der Waals surface area contributed by atoms with E-state index in [2.05, 4.69) is 22.5 Å². The van der Waals surface area contributed by atoms with Gasteiger partial charge in [0.15, 0.2) is 0 Å². The number of nitrogens with one attached hydrogen (secondary N) is 3. The Kier molecular flexibility index (Phi) is 6.20. The quantitative estimate of drug-likeness (QED) is 0.185. The van der Waals surface area contributed by atoms with Crippen molar-refractivity contribution in [3.63, 3.8) is 0 Å². The van der Waals surface area contributed by atoms with Gasteiger partial charge in [-0.2, -0.15) is 0 Å². The summed E-state index contributed by atoms with van der Waals surface area (Å²) in [6.07, 6.45) is 3.56. The van der Waals surface area contributed by atoms with Crippen LogP contribution in [0, 0.1) is 28.6 Å². The topological polar surface area (TPSA) is 127 Å². The second kappa shape index (κ2) is 8.46. The second-order valence-corrected chi connectivity index (χ2v) is 10.2. The highest BCUT2D eigenvalue weighted by atomic mass is 16.4. The van der Waals surface area contributed by atoms with Crippen LogP contribution in [0.3, 0.4) is 0 Å². The largest absolute Gasteiger partial charge is 0.545 e. The van der Waals surface area contributed by atoms with Gasteiger partial charge in [-0.15, -0.1) is 0 Å². The zero-order chi connectivity index (χ0) is 22.4. The zero-order valence-corrected chi connectivity index (χ0v) is 19.2. The van der Waals surface area contributed by atoms with Crippen LogP contribution in [0.25, 0.3) is 0 Å². The molecule has 31 heavy (non-hydrogen) atoms. The zero-order valence-electron chi connectivity index (χ0n) is 19.2. The maximum atomic E-state index is 12.1. The highest BCUT2D eigenvalue weighted by Gasteiger charge is 2.73. The van der Waals surface area contributed by atoms with E-state index in [-0.39, 0.29) is 16.4 Å². The summed E-state index contributed by atoms with van der Waals surface area (Å²) in [5.41, 5.74) is 7.28. The van der Waals surface area contributed by atoms with E-state index in [1.165, 1.54) is 4.90 Å². The minimum absolute atomic E-state index is 0.0854. The number of aliphatic carboxylic acids is 1. The van der Waals surface area contributed by atoms with E-state index in [0.717, 1.165) is 57.4 Å². The maximum Gasteiger partial charge on any atom is 0.293 e. The lowest BCUT2D eigenvalue weighted by molar-refractivity contribution is -0.828. The first kappa shape index (κ1) is 22.7. The van der Waals surface area contributed by atoms with Crippen LogP contribution in [-0.4, -0.2) is 70.0 Å². The third-order valence-corrected chi connectivity index (χ3v) is 9.22. The Morgan fingerprint density at radius 1 is 1.32 bits per heavy atom. The average molecular weight is 434 g/mol. The lowest BCUT2D eigenvalue weighted by Crippen LogP contribution is -3.19. The first-order valence-electron chi connectivity index (χ1n) is 11.9. The number of carbonyl (C=O) groups excluding carboxylic acids is 1. The number of hydrogen-bond acceptors (Lipinski definition) is 6. The number of carbonyl (C=O) groups is 1. The molecule has 3 aliphatic carbocycles. The Balaban J connectivity index is 1.81. The van der Waals surface area contributed by atoms with Gasteiger partial charge in [-0.25, -0.2) is 4.99 Å². The lowest BCUT2D eigenvalue weighted by atomic mass is 9.45. The second-order valence-electron chi connectivity index (χ2n) is 10.2. The Morgan fingerprint density at radius 3 is 2.77 bits per heavy atom. The number of nitrogens with zero attached hydrogens (tertiary/aromatic N) is 1. The van der Waals surface area contributed by atoms with Gasteiger partial charge in [0.1, 0.15) is 0 Å². The van der Waals surface area contributed by atoms with Crippen molar-refractivity contribution in [1.82, 2.24) is 10.6 Å². The fourth-order valence-corrected chi connectivity index (χ4v) is 8.14. The van der Waals surface area contributed by atoms with E-state index >= 15 is 0 Å². The number of aliphatic hydroxyl groups excluding tert-OH is 1. The molecule has 1 aliphatic heterocycles. The van der Waals surface area contributed by atoms with Crippen molar-refractivity contribution in [2.45, 2.75) is 45.1 Å². The van der Waals surface area contributed by atoms with Crippen LogP contribution >= 0.6 is 0 Å². The normalized spacial score (nSPS) is 42.3. The number of rotatable bonds is 6. The van der Waals surface area contributed by atoms with E-state index in [0.29, 0.717) is 36.7 Å². The smallest absolute Gasteiger partial charge is 0.293 e. The number of quaternary nitrogens is 1. The number of allylic oxidation sites excluding steroid dienone is 1. The lowest BCUT2D eigenvalue weighted by Gasteiger charge is -2.60. The third kappa shape index (κ3) is 3.17. The molecule has 0 radical (unpaired) electrons. The van der Waals surface area contributed by atoms with Crippen molar-refractivity contribution < 1.29 is 19.9 Å². The Hall–Kier alpha value is -1.48. The van der Waals surface area contributed by atoms with Gasteiger partial charge in [-0.05, 0) is 64.1 Å². The predicted molar refractivity (Wildman–Crippen MR) is 117 cm³/mol. The van der Waals surface area contributed by atoms with Crippen molar-refractivity contribution in [2.24, 2.45) is 39.3 Å². The number of carboxylic acid groups (broad SMARTS) is 1. The van der Waals surface area contributed by atoms with Crippen LogP contribution in [0.1, 0.15) is 39.0 Å². The van der Waals surface area contributed by atoms with E-state index in [1.54, 1.807) is 0 Å². The van der Waals surface area contributed by atoms with Crippen LogP contribution in [-0.2, 0) is 4.79 Å². The summed E-state index contributed by atoms with van der Waals surface area (Å²) in [7, 11) is 3.91. The molecule has 0 aromatic heterocycles. The van der Waals surface area contributed by atoms with Gasteiger partial charge < -0.3 is 31.4 Å². The van der Waals surface area contributed by atoms with Crippen molar-refractivity contribution in [3.05, 3.63) is 11.1 Å². The molecule has 2 saturated carbocycles. The van der Waals surface area contributed by atoms with E-state index < -0.39 is 12.1 Å². The molecule has 8 nitrogen and oxygen atoms in total. The number of aliphatic hydroxyl groups is 1. The summed E-state index contributed by atoms with van der Waals surface area (Å²) in [5, 5.41) is 29.5. The predicted octanol–water partition coefficient (Wildman–Crippen LogP) is -2.12. The summed E-state index contributed by atoms with van der Waals surface area (Å²) in [4.78, 5) is 17.9. The third-order valence-electron chi connectivity index (χ3n) is 9.22. The highest BCUT2D eigenvalue weighted by molar-refractivity contribution is 5.88. The minimum atomic E-state index is -1.19. The molecule has 4 rings (SSSR count). The Morgan fingerprint density at radius 2 is 2.10 bits per heavy atom. The molecule has 8 heteroatoms. The summed E-state index contributed by atoms with van der Waals surface area (Å²) in [6.45, 7) is 6.42. The summed E-state index contributed by atoms with van der Waals surface area (Å²) < 4.78 is 0. The Labute approximate surface area is 185 Å². The number of carboxylic acids is 1. The standard InChI is InChI=1S/C23H39N5O3/c1-14-4-5-15-10-17-19(20(30)31)18(29)11-22(14,17)23(15)13-28(9-6-16(23)12-26-3)21(24)27-8-7-25-2/h14-16,18,25-26,29H,4-13H2,1-3H3,(H2,24,27)(H,30,31)/t14-,15-,16-,18+,22+,23-/m1/s1. The number of guanidine groups is 1. The summed E-state index contributed by atoms with van der Waals surface area (Å²) in [5.74, 6) is 0.640. The van der Waals surface area contributed by atoms with E-state index in [4.69, 9.17) is 5.73 Å².